The van der Waals surface area contributed by atoms with Gasteiger partial charge in [0.2, 0.25) is 0 Å². The van der Waals surface area contributed by atoms with Crippen LogP contribution in [-0.2, 0) is 19.6 Å². The predicted octanol–water partition coefficient (Wildman–Crippen LogP) is 3.87. The summed E-state index contributed by atoms with van der Waals surface area (Å²) >= 11 is 0. The van der Waals surface area contributed by atoms with Gasteiger partial charge < -0.3 is 20.5 Å². The number of likely N-dealkylation sites (tertiary alicyclic amines) is 1. The number of guanidine groups is 1. The molecule has 7 heteroatoms. The highest BCUT2D eigenvalue weighted by molar-refractivity contribution is 14.0. The van der Waals surface area contributed by atoms with E-state index in [0.29, 0.717) is 18.8 Å². The van der Waals surface area contributed by atoms with E-state index in [1.165, 1.54) is 37.1 Å². The van der Waals surface area contributed by atoms with Gasteiger partial charge in [0.1, 0.15) is 0 Å². The van der Waals surface area contributed by atoms with E-state index >= 15 is 0 Å². The zero-order valence-corrected chi connectivity index (χ0v) is 20.2. The third-order valence-corrected chi connectivity index (χ3v) is 5.10. The average molecular weight is 524 g/mol. The Morgan fingerprint density at radius 3 is 2.33 bits per heavy atom. The number of hydrogen-bond donors (Lipinski definition) is 3. The van der Waals surface area contributed by atoms with Crippen molar-refractivity contribution < 1.29 is 9.84 Å². The Balaban J connectivity index is 0.00000320. The van der Waals surface area contributed by atoms with Crippen LogP contribution in [0.15, 0.2) is 47.5 Å². The number of phenolic OH excluding ortho intramolecular Hbond substituents is 1. The molecular weight excluding hydrogens is 491 g/mol. The molecular formula is C23H33IN4O2. The molecule has 1 aliphatic heterocycles. The molecule has 2 aromatic rings. The summed E-state index contributed by atoms with van der Waals surface area (Å²) in [5.41, 5.74) is 3.52. The van der Waals surface area contributed by atoms with Crippen LogP contribution in [0.4, 0.5) is 0 Å². The number of benzene rings is 2. The molecule has 0 atom stereocenters. The lowest BCUT2D eigenvalue weighted by Gasteiger charge is -2.15. The van der Waals surface area contributed by atoms with E-state index in [0.717, 1.165) is 24.6 Å². The molecule has 0 spiro atoms. The first-order chi connectivity index (χ1) is 14.2. The minimum Gasteiger partial charge on any atom is -0.504 e. The average Bonchev–Trinajstić information content (AvgIpc) is 3.24. The molecule has 0 saturated carbocycles. The van der Waals surface area contributed by atoms with Crippen LogP contribution < -0.4 is 15.4 Å². The van der Waals surface area contributed by atoms with E-state index in [-0.39, 0.29) is 29.7 Å². The van der Waals surface area contributed by atoms with Crippen molar-refractivity contribution in [3.8, 4) is 11.5 Å². The lowest BCUT2D eigenvalue weighted by molar-refractivity contribution is 0.331. The summed E-state index contributed by atoms with van der Waals surface area (Å²) in [6.45, 7) is 7.51. The highest BCUT2D eigenvalue weighted by Gasteiger charge is 2.11. The summed E-state index contributed by atoms with van der Waals surface area (Å²) in [5.74, 6) is 1.35. The van der Waals surface area contributed by atoms with Gasteiger partial charge in [-0.15, -0.1) is 24.0 Å². The Hall–Kier alpha value is -2.00. The second-order valence-corrected chi connectivity index (χ2v) is 7.35. The predicted molar refractivity (Wildman–Crippen MR) is 133 cm³/mol. The fourth-order valence-electron chi connectivity index (χ4n) is 3.49. The molecule has 30 heavy (non-hydrogen) atoms. The molecule has 0 radical (unpaired) electrons. The monoisotopic (exact) mass is 524 g/mol. The highest BCUT2D eigenvalue weighted by Crippen LogP contribution is 2.26. The van der Waals surface area contributed by atoms with Gasteiger partial charge in [-0.25, -0.2) is 4.99 Å². The first-order valence-corrected chi connectivity index (χ1v) is 10.4. The molecule has 3 rings (SSSR count). The fourth-order valence-corrected chi connectivity index (χ4v) is 3.49. The minimum atomic E-state index is 0. The zero-order chi connectivity index (χ0) is 20.5. The summed E-state index contributed by atoms with van der Waals surface area (Å²) in [5, 5.41) is 16.6. The molecule has 3 N–H and O–H groups in total. The van der Waals surface area contributed by atoms with E-state index in [1.807, 2.05) is 13.0 Å². The van der Waals surface area contributed by atoms with Gasteiger partial charge >= 0.3 is 0 Å². The third kappa shape index (κ3) is 7.36. The van der Waals surface area contributed by atoms with Crippen molar-refractivity contribution >= 4 is 29.9 Å². The van der Waals surface area contributed by atoms with Gasteiger partial charge in [-0.1, -0.05) is 30.3 Å². The van der Waals surface area contributed by atoms with Crippen molar-refractivity contribution in [3.05, 3.63) is 59.2 Å². The van der Waals surface area contributed by atoms with Crippen LogP contribution in [0.2, 0.25) is 0 Å². The van der Waals surface area contributed by atoms with Crippen LogP contribution >= 0.6 is 24.0 Å². The number of hydrogen-bond acceptors (Lipinski definition) is 4. The molecule has 1 fully saturated rings. The highest BCUT2D eigenvalue weighted by atomic mass is 127. The molecule has 1 aliphatic rings. The van der Waals surface area contributed by atoms with Crippen LogP contribution in [-0.4, -0.2) is 42.7 Å². The van der Waals surface area contributed by atoms with Crippen LogP contribution in [0, 0.1) is 0 Å². The largest absolute Gasteiger partial charge is 0.504 e. The van der Waals surface area contributed by atoms with E-state index in [4.69, 9.17) is 4.74 Å². The molecule has 2 aromatic carbocycles. The number of nitrogens with one attached hydrogen (secondary N) is 2. The van der Waals surface area contributed by atoms with Crippen molar-refractivity contribution in [3.63, 3.8) is 0 Å². The van der Waals surface area contributed by atoms with E-state index in [1.54, 1.807) is 19.2 Å². The van der Waals surface area contributed by atoms with Crippen LogP contribution in [0.5, 0.6) is 11.5 Å². The molecule has 0 amide bonds. The van der Waals surface area contributed by atoms with Gasteiger partial charge in [0.05, 0.1) is 13.7 Å². The number of aliphatic imine (C=N–C) groups is 1. The standard InChI is InChI=1S/C23H32N4O2.HI/c1-3-24-23(26-16-20-10-11-22(29-2)21(28)14-20)25-15-18-6-8-19(9-7-18)17-27-12-4-5-13-27;/h6-11,14,28H,3-5,12-13,15-17H2,1-2H3,(H2,24,25,26);1H. The van der Waals surface area contributed by atoms with Gasteiger partial charge in [0.25, 0.3) is 0 Å². The number of phenols is 1. The van der Waals surface area contributed by atoms with Crippen molar-refractivity contribution in [2.75, 3.05) is 26.7 Å². The van der Waals surface area contributed by atoms with Crippen molar-refractivity contribution in [2.45, 2.75) is 39.4 Å². The maximum atomic E-state index is 9.92. The molecule has 164 valence electrons. The van der Waals surface area contributed by atoms with Crippen molar-refractivity contribution in [1.82, 2.24) is 15.5 Å². The Bertz CT molecular complexity index is 805. The molecule has 0 aromatic heterocycles. The maximum Gasteiger partial charge on any atom is 0.191 e. The van der Waals surface area contributed by atoms with Crippen LogP contribution in [0.3, 0.4) is 0 Å². The second-order valence-electron chi connectivity index (χ2n) is 7.35. The molecule has 1 saturated heterocycles. The number of methoxy groups -OCH3 is 1. The summed E-state index contributed by atoms with van der Waals surface area (Å²) in [6.07, 6.45) is 2.65. The molecule has 0 aliphatic carbocycles. The quantitative estimate of drug-likeness (QED) is 0.278. The van der Waals surface area contributed by atoms with Gasteiger partial charge in [-0.3, -0.25) is 4.90 Å². The number of rotatable bonds is 8. The number of aromatic hydroxyl groups is 1. The minimum absolute atomic E-state index is 0. The number of nitrogens with zero attached hydrogens (tertiary/aromatic N) is 2. The van der Waals surface area contributed by atoms with Gasteiger partial charge in [0, 0.05) is 19.6 Å². The summed E-state index contributed by atoms with van der Waals surface area (Å²) in [7, 11) is 1.54. The number of halogens is 1. The third-order valence-electron chi connectivity index (χ3n) is 5.10. The van der Waals surface area contributed by atoms with Gasteiger partial charge in [-0.2, -0.15) is 0 Å². The Kier molecular flexibility index (Phi) is 10.2. The SMILES string of the molecule is CCNC(=NCc1ccc(OC)c(O)c1)NCc1ccc(CN2CCCC2)cc1.I. The van der Waals surface area contributed by atoms with E-state index in [9.17, 15) is 5.11 Å². The smallest absolute Gasteiger partial charge is 0.191 e. The summed E-state index contributed by atoms with van der Waals surface area (Å²) < 4.78 is 5.08. The Morgan fingerprint density at radius 1 is 1.03 bits per heavy atom. The molecule has 6 nitrogen and oxygen atoms in total. The topological polar surface area (TPSA) is 69.1 Å². The second kappa shape index (κ2) is 12.6. The first kappa shape index (κ1) is 24.3. The van der Waals surface area contributed by atoms with E-state index in [2.05, 4.69) is 44.8 Å². The summed E-state index contributed by atoms with van der Waals surface area (Å²) in [6, 6.07) is 14.2. The van der Waals surface area contributed by atoms with Crippen molar-refractivity contribution in [2.24, 2.45) is 4.99 Å². The molecule has 0 bridgehead atoms. The zero-order valence-electron chi connectivity index (χ0n) is 17.9. The number of ether oxygens (including phenoxy) is 1. The maximum absolute atomic E-state index is 9.92. The van der Waals surface area contributed by atoms with Gasteiger partial charge in [0.15, 0.2) is 17.5 Å². The fraction of sp³-hybridized carbons (Fsp3) is 0.435. The lowest BCUT2D eigenvalue weighted by Crippen LogP contribution is -2.36. The Morgan fingerprint density at radius 2 is 1.70 bits per heavy atom. The summed E-state index contributed by atoms with van der Waals surface area (Å²) in [4.78, 5) is 7.13. The van der Waals surface area contributed by atoms with Crippen molar-refractivity contribution in [1.29, 1.82) is 0 Å². The van der Waals surface area contributed by atoms with Gasteiger partial charge in [-0.05, 0) is 61.7 Å². The van der Waals surface area contributed by atoms with E-state index < -0.39 is 0 Å². The first-order valence-electron chi connectivity index (χ1n) is 10.4. The molecule has 1 heterocycles. The Labute approximate surface area is 196 Å². The van der Waals surface area contributed by atoms with Crippen LogP contribution in [0.25, 0.3) is 0 Å². The lowest BCUT2D eigenvalue weighted by atomic mass is 10.1. The molecule has 0 unspecified atom stereocenters. The normalized spacial score (nSPS) is 14.3. The van der Waals surface area contributed by atoms with Crippen LogP contribution in [0.1, 0.15) is 36.5 Å².